The van der Waals surface area contributed by atoms with Gasteiger partial charge in [-0.15, -0.1) is 11.8 Å². The molecule has 1 saturated heterocycles. The minimum absolute atomic E-state index is 0.00887. The molecule has 0 radical (unpaired) electrons. The lowest BCUT2D eigenvalue weighted by Gasteiger charge is -2.19. The van der Waals surface area contributed by atoms with Crippen LogP contribution in [0.4, 0.5) is 0 Å². The number of carbonyl (C=O) groups excluding carboxylic acids is 2. The monoisotopic (exact) mass is 358 g/mol. The first-order valence-electron chi connectivity index (χ1n) is 8.40. The zero-order valence-corrected chi connectivity index (χ0v) is 14.8. The zero-order chi connectivity index (χ0) is 17.6. The van der Waals surface area contributed by atoms with E-state index < -0.39 is 6.04 Å². The molecule has 0 aliphatic carbocycles. The number of fused-ring (bicyclic) bond motifs is 1. The molecule has 25 heavy (non-hydrogen) atoms. The normalized spacial score (nSPS) is 15.3. The number of nitrogens with two attached hydrogens (primary N) is 1. The van der Waals surface area contributed by atoms with Gasteiger partial charge < -0.3 is 16.0 Å². The van der Waals surface area contributed by atoms with Crippen LogP contribution in [0.15, 0.2) is 36.7 Å². The second-order valence-electron chi connectivity index (χ2n) is 6.05. The number of nitrogens with zero attached hydrogens (tertiary/aromatic N) is 2. The van der Waals surface area contributed by atoms with Gasteiger partial charge in [0.15, 0.2) is 0 Å². The third-order valence-corrected chi connectivity index (χ3v) is 5.24. The fourth-order valence-corrected chi connectivity index (χ4v) is 3.82. The van der Waals surface area contributed by atoms with Crippen molar-refractivity contribution in [1.82, 2.24) is 15.2 Å². The van der Waals surface area contributed by atoms with Crippen LogP contribution in [-0.4, -0.2) is 52.5 Å². The number of thioether (sulfide) groups is 1. The molecule has 2 heterocycles. The topological polar surface area (TPSA) is 88.3 Å². The van der Waals surface area contributed by atoms with E-state index in [9.17, 15) is 9.59 Å². The molecule has 2 amide bonds. The molecule has 0 saturated carbocycles. The van der Waals surface area contributed by atoms with E-state index in [4.69, 9.17) is 5.73 Å². The Morgan fingerprint density at radius 3 is 2.96 bits per heavy atom. The Hall–Kier alpha value is -2.12. The summed E-state index contributed by atoms with van der Waals surface area (Å²) in [4.78, 5) is 30.4. The number of aromatic nitrogens is 1. The van der Waals surface area contributed by atoms with Crippen molar-refractivity contribution in [1.29, 1.82) is 0 Å². The van der Waals surface area contributed by atoms with E-state index >= 15 is 0 Å². The Morgan fingerprint density at radius 2 is 2.16 bits per heavy atom. The van der Waals surface area contributed by atoms with Gasteiger partial charge in [0.2, 0.25) is 5.91 Å². The highest BCUT2D eigenvalue weighted by Crippen LogP contribution is 2.17. The number of pyridine rings is 1. The molecule has 3 rings (SSSR count). The minimum Gasteiger partial charge on any atom is -0.352 e. The molecule has 1 fully saturated rings. The Bertz CT molecular complexity index is 756. The van der Waals surface area contributed by atoms with E-state index in [1.165, 1.54) is 0 Å². The summed E-state index contributed by atoms with van der Waals surface area (Å²) >= 11 is 1.75. The average molecular weight is 358 g/mol. The van der Waals surface area contributed by atoms with E-state index in [0.29, 0.717) is 24.9 Å². The first-order chi connectivity index (χ1) is 12.2. The van der Waals surface area contributed by atoms with E-state index in [1.54, 1.807) is 29.1 Å². The first-order valence-corrected chi connectivity index (χ1v) is 9.55. The fourth-order valence-electron chi connectivity index (χ4n) is 2.86. The maximum atomic E-state index is 12.4. The van der Waals surface area contributed by atoms with E-state index in [0.717, 1.165) is 28.9 Å². The molecule has 132 valence electrons. The van der Waals surface area contributed by atoms with E-state index in [-0.39, 0.29) is 11.8 Å². The smallest absolute Gasteiger partial charge is 0.253 e. The van der Waals surface area contributed by atoms with Crippen LogP contribution in [0.2, 0.25) is 0 Å². The van der Waals surface area contributed by atoms with Gasteiger partial charge in [-0.25, -0.2) is 0 Å². The van der Waals surface area contributed by atoms with Gasteiger partial charge in [0.25, 0.3) is 5.91 Å². The third kappa shape index (κ3) is 4.29. The van der Waals surface area contributed by atoms with Crippen molar-refractivity contribution in [2.24, 2.45) is 5.73 Å². The molecule has 0 spiro atoms. The van der Waals surface area contributed by atoms with Crippen LogP contribution in [0.25, 0.3) is 10.8 Å². The number of nitrogens with one attached hydrogen (secondary N) is 1. The van der Waals surface area contributed by atoms with Gasteiger partial charge in [0.1, 0.15) is 0 Å². The standard InChI is InChI=1S/C18H22N4O2S/c19-16(18(24)22-8-9-25-12-22)6-3-7-21-17(23)15-11-20-10-13-4-1-2-5-14(13)15/h1-2,4-5,10-11,16H,3,6-9,12,19H2,(H,21,23)/t16-/m1/s1. The van der Waals surface area contributed by atoms with Crippen LogP contribution in [0.5, 0.6) is 0 Å². The van der Waals surface area contributed by atoms with Crippen molar-refractivity contribution in [3.05, 3.63) is 42.2 Å². The number of amides is 2. The second kappa shape index (κ2) is 8.31. The molecular weight excluding hydrogens is 336 g/mol. The summed E-state index contributed by atoms with van der Waals surface area (Å²) in [6, 6.07) is 7.17. The quantitative estimate of drug-likeness (QED) is 0.766. The molecule has 2 aromatic rings. The summed E-state index contributed by atoms with van der Waals surface area (Å²) in [5, 5.41) is 4.71. The number of rotatable bonds is 6. The molecule has 0 unspecified atom stereocenters. The highest BCUT2D eigenvalue weighted by Gasteiger charge is 2.23. The number of hydrogen-bond acceptors (Lipinski definition) is 5. The molecule has 7 heteroatoms. The van der Waals surface area contributed by atoms with Gasteiger partial charge in [-0.3, -0.25) is 14.6 Å². The summed E-state index contributed by atoms with van der Waals surface area (Å²) in [6.45, 7) is 1.26. The average Bonchev–Trinajstić information content (AvgIpc) is 3.18. The van der Waals surface area contributed by atoms with Gasteiger partial charge >= 0.3 is 0 Å². The molecular formula is C18H22N4O2S. The molecule has 1 aromatic heterocycles. The minimum atomic E-state index is -0.491. The van der Waals surface area contributed by atoms with Crippen LogP contribution < -0.4 is 11.1 Å². The zero-order valence-electron chi connectivity index (χ0n) is 14.0. The highest BCUT2D eigenvalue weighted by molar-refractivity contribution is 7.99. The van der Waals surface area contributed by atoms with Crippen LogP contribution in [0.3, 0.4) is 0 Å². The number of carbonyl (C=O) groups is 2. The lowest BCUT2D eigenvalue weighted by molar-refractivity contribution is -0.131. The lowest BCUT2D eigenvalue weighted by atomic mass is 10.1. The van der Waals surface area contributed by atoms with Crippen LogP contribution >= 0.6 is 11.8 Å². The number of benzene rings is 1. The SMILES string of the molecule is N[C@H](CCCNC(=O)c1cncc2ccccc12)C(=O)N1CCSC1. The largest absolute Gasteiger partial charge is 0.352 e. The van der Waals surface area contributed by atoms with Crippen LogP contribution in [-0.2, 0) is 4.79 Å². The summed E-state index contributed by atoms with van der Waals surface area (Å²) in [7, 11) is 0. The molecule has 1 aliphatic rings. The maximum absolute atomic E-state index is 12.4. The van der Waals surface area contributed by atoms with Crippen LogP contribution in [0.1, 0.15) is 23.2 Å². The summed E-state index contributed by atoms with van der Waals surface area (Å²) in [5.41, 5.74) is 6.54. The predicted octanol–water partition coefficient (Wildman–Crippen LogP) is 1.60. The van der Waals surface area contributed by atoms with Crippen molar-refractivity contribution >= 4 is 34.3 Å². The van der Waals surface area contributed by atoms with Gasteiger partial charge in [0.05, 0.1) is 17.5 Å². The highest BCUT2D eigenvalue weighted by atomic mass is 32.2. The summed E-state index contributed by atoms with van der Waals surface area (Å²) in [5.74, 6) is 1.57. The van der Waals surface area contributed by atoms with Crippen molar-refractivity contribution in [2.45, 2.75) is 18.9 Å². The van der Waals surface area contributed by atoms with Crippen molar-refractivity contribution in [3.8, 4) is 0 Å². The van der Waals surface area contributed by atoms with Gasteiger partial charge in [-0.2, -0.15) is 0 Å². The van der Waals surface area contributed by atoms with Crippen LogP contribution in [0, 0.1) is 0 Å². The Balaban J connectivity index is 1.48. The molecule has 1 aromatic carbocycles. The third-order valence-electron chi connectivity index (χ3n) is 4.27. The molecule has 0 bridgehead atoms. The fraction of sp³-hybridized carbons (Fsp3) is 0.389. The summed E-state index contributed by atoms with van der Waals surface area (Å²) in [6.07, 6.45) is 4.55. The Kier molecular flexibility index (Phi) is 5.88. The van der Waals surface area contributed by atoms with Gasteiger partial charge in [-0.1, -0.05) is 24.3 Å². The van der Waals surface area contributed by atoms with Crippen molar-refractivity contribution in [3.63, 3.8) is 0 Å². The summed E-state index contributed by atoms with van der Waals surface area (Å²) < 4.78 is 0. The molecule has 3 N–H and O–H groups in total. The molecule has 1 atom stereocenters. The first kappa shape index (κ1) is 17.7. The van der Waals surface area contributed by atoms with E-state index in [1.807, 2.05) is 24.3 Å². The number of hydrogen-bond donors (Lipinski definition) is 2. The van der Waals surface area contributed by atoms with Gasteiger partial charge in [-0.05, 0) is 18.2 Å². The van der Waals surface area contributed by atoms with Crippen molar-refractivity contribution in [2.75, 3.05) is 24.7 Å². The van der Waals surface area contributed by atoms with Gasteiger partial charge in [0, 0.05) is 36.6 Å². The molecule has 1 aliphatic heterocycles. The van der Waals surface area contributed by atoms with Crippen molar-refractivity contribution < 1.29 is 9.59 Å². The second-order valence-corrected chi connectivity index (χ2v) is 7.13. The molecule has 6 nitrogen and oxygen atoms in total. The lowest BCUT2D eigenvalue weighted by Crippen LogP contribution is -2.42. The Labute approximate surface area is 151 Å². The Morgan fingerprint density at radius 1 is 1.32 bits per heavy atom. The van der Waals surface area contributed by atoms with E-state index in [2.05, 4.69) is 10.3 Å². The maximum Gasteiger partial charge on any atom is 0.253 e. The predicted molar refractivity (Wildman–Crippen MR) is 100 cm³/mol.